The SMILES string of the molecule is C[C@H]1CC[C@H](C)N1CCN1CCN(C(=O)Cc2cccc(F)c2)CC1. The van der Waals surface area contributed by atoms with Crippen LogP contribution in [0.1, 0.15) is 32.3 Å². The average molecular weight is 347 g/mol. The highest BCUT2D eigenvalue weighted by molar-refractivity contribution is 5.78. The van der Waals surface area contributed by atoms with Crippen LogP contribution in [0.5, 0.6) is 0 Å². The van der Waals surface area contributed by atoms with Crippen molar-refractivity contribution < 1.29 is 9.18 Å². The van der Waals surface area contributed by atoms with E-state index < -0.39 is 0 Å². The maximum Gasteiger partial charge on any atom is 0.227 e. The summed E-state index contributed by atoms with van der Waals surface area (Å²) in [6, 6.07) is 7.74. The normalized spacial score (nSPS) is 25.5. The first-order valence-electron chi connectivity index (χ1n) is 9.53. The van der Waals surface area contributed by atoms with Crippen molar-refractivity contribution in [2.45, 2.75) is 45.2 Å². The first-order valence-corrected chi connectivity index (χ1v) is 9.53. The second-order valence-corrected chi connectivity index (χ2v) is 7.54. The Balaban J connectivity index is 1.41. The van der Waals surface area contributed by atoms with Crippen LogP contribution in [0.3, 0.4) is 0 Å². The van der Waals surface area contributed by atoms with E-state index in [-0.39, 0.29) is 11.7 Å². The molecule has 0 aliphatic carbocycles. The zero-order valence-corrected chi connectivity index (χ0v) is 15.5. The molecule has 1 aromatic carbocycles. The number of halogens is 1. The molecule has 5 heteroatoms. The van der Waals surface area contributed by atoms with Crippen molar-refractivity contribution in [1.29, 1.82) is 0 Å². The molecule has 3 rings (SSSR count). The van der Waals surface area contributed by atoms with E-state index in [9.17, 15) is 9.18 Å². The van der Waals surface area contributed by atoms with Gasteiger partial charge in [-0.15, -0.1) is 0 Å². The Labute approximate surface area is 150 Å². The number of carbonyl (C=O) groups excluding carboxylic acids is 1. The van der Waals surface area contributed by atoms with Gasteiger partial charge in [-0.3, -0.25) is 14.6 Å². The van der Waals surface area contributed by atoms with Crippen LogP contribution in [0.25, 0.3) is 0 Å². The third-order valence-electron chi connectivity index (χ3n) is 5.78. The van der Waals surface area contributed by atoms with Crippen molar-refractivity contribution in [3.05, 3.63) is 35.6 Å². The smallest absolute Gasteiger partial charge is 0.227 e. The Kier molecular flexibility index (Phi) is 6.07. The molecular weight excluding hydrogens is 317 g/mol. The molecular formula is C20H30FN3O. The van der Waals surface area contributed by atoms with Crippen LogP contribution < -0.4 is 0 Å². The molecule has 2 heterocycles. The van der Waals surface area contributed by atoms with Gasteiger partial charge in [-0.05, 0) is 44.4 Å². The standard InChI is InChI=1S/C20H30FN3O/c1-16-6-7-17(2)24(16)13-10-22-8-11-23(12-9-22)20(25)15-18-4-3-5-19(21)14-18/h3-5,14,16-17H,6-13,15H2,1-2H3/t16-,17-/m0/s1. The molecule has 0 N–H and O–H groups in total. The van der Waals surface area contributed by atoms with Crippen LogP contribution in [-0.4, -0.2) is 72.0 Å². The highest BCUT2D eigenvalue weighted by Crippen LogP contribution is 2.22. The molecule has 1 amide bonds. The predicted molar refractivity (Wildman–Crippen MR) is 98.0 cm³/mol. The molecule has 0 unspecified atom stereocenters. The summed E-state index contributed by atoms with van der Waals surface area (Å²) in [7, 11) is 0. The molecule has 1 aromatic rings. The first kappa shape index (κ1) is 18.3. The lowest BCUT2D eigenvalue weighted by atomic mass is 10.1. The number of carbonyl (C=O) groups is 1. The van der Waals surface area contributed by atoms with E-state index in [1.807, 2.05) is 11.0 Å². The van der Waals surface area contributed by atoms with Crippen LogP contribution in [0.4, 0.5) is 4.39 Å². The van der Waals surface area contributed by atoms with E-state index in [2.05, 4.69) is 23.6 Å². The average Bonchev–Trinajstić information content (AvgIpc) is 2.92. The fourth-order valence-corrected chi connectivity index (χ4v) is 4.10. The van der Waals surface area contributed by atoms with Crippen LogP contribution in [0.2, 0.25) is 0 Å². The second kappa shape index (κ2) is 8.28. The molecule has 2 atom stereocenters. The Hall–Kier alpha value is -1.46. The van der Waals surface area contributed by atoms with Crippen molar-refractivity contribution in [2.24, 2.45) is 0 Å². The molecule has 0 aromatic heterocycles. The number of likely N-dealkylation sites (tertiary alicyclic amines) is 1. The molecule has 25 heavy (non-hydrogen) atoms. The van der Waals surface area contributed by atoms with Gasteiger partial charge in [-0.1, -0.05) is 12.1 Å². The monoisotopic (exact) mass is 347 g/mol. The Bertz CT molecular complexity index is 576. The third-order valence-corrected chi connectivity index (χ3v) is 5.78. The lowest BCUT2D eigenvalue weighted by Gasteiger charge is -2.36. The summed E-state index contributed by atoms with van der Waals surface area (Å²) in [6.07, 6.45) is 2.91. The molecule has 0 spiro atoms. The van der Waals surface area contributed by atoms with Gasteiger partial charge in [-0.25, -0.2) is 4.39 Å². The zero-order valence-electron chi connectivity index (χ0n) is 15.5. The lowest BCUT2D eigenvalue weighted by Crippen LogP contribution is -2.51. The van der Waals surface area contributed by atoms with E-state index >= 15 is 0 Å². The van der Waals surface area contributed by atoms with Gasteiger partial charge in [0.05, 0.1) is 6.42 Å². The maximum absolute atomic E-state index is 13.2. The molecule has 4 nitrogen and oxygen atoms in total. The molecule has 0 bridgehead atoms. The lowest BCUT2D eigenvalue weighted by molar-refractivity contribution is -0.132. The van der Waals surface area contributed by atoms with E-state index in [1.165, 1.54) is 25.0 Å². The highest BCUT2D eigenvalue weighted by atomic mass is 19.1. The van der Waals surface area contributed by atoms with Gasteiger partial charge in [0.15, 0.2) is 0 Å². The number of benzene rings is 1. The second-order valence-electron chi connectivity index (χ2n) is 7.54. The van der Waals surface area contributed by atoms with E-state index in [1.54, 1.807) is 6.07 Å². The highest BCUT2D eigenvalue weighted by Gasteiger charge is 2.28. The largest absolute Gasteiger partial charge is 0.340 e. The number of piperazine rings is 1. The van der Waals surface area contributed by atoms with Gasteiger partial charge in [0, 0.05) is 51.4 Å². The minimum atomic E-state index is -0.277. The molecule has 2 saturated heterocycles. The molecule has 0 radical (unpaired) electrons. The number of nitrogens with zero attached hydrogens (tertiary/aromatic N) is 3. The molecule has 138 valence electrons. The van der Waals surface area contributed by atoms with Gasteiger partial charge >= 0.3 is 0 Å². The summed E-state index contributed by atoms with van der Waals surface area (Å²) < 4.78 is 13.2. The fraction of sp³-hybridized carbons (Fsp3) is 0.650. The fourth-order valence-electron chi connectivity index (χ4n) is 4.10. The summed E-state index contributed by atoms with van der Waals surface area (Å²) >= 11 is 0. The number of rotatable bonds is 5. The maximum atomic E-state index is 13.2. The van der Waals surface area contributed by atoms with Gasteiger partial charge in [0.25, 0.3) is 0 Å². The van der Waals surface area contributed by atoms with E-state index in [0.29, 0.717) is 18.5 Å². The van der Waals surface area contributed by atoms with Crippen LogP contribution in [-0.2, 0) is 11.2 Å². The van der Waals surface area contributed by atoms with Gasteiger partial charge in [-0.2, -0.15) is 0 Å². The molecule has 2 fully saturated rings. The first-order chi connectivity index (χ1) is 12.0. The van der Waals surface area contributed by atoms with Crippen molar-refractivity contribution in [3.63, 3.8) is 0 Å². The van der Waals surface area contributed by atoms with Crippen LogP contribution in [0.15, 0.2) is 24.3 Å². The summed E-state index contributed by atoms with van der Waals surface area (Å²) in [5.41, 5.74) is 0.754. The Morgan fingerprint density at radius 1 is 1.08 bits per heavy atom. The summed E-state index contributed by atoms with van der Waals surface area (Å²) in [5.74, 6) is -0.174. The van der Waals surface area contributed by atoms with Crippen molar-refractivity contribution >= 4 is 5.91 Å². The summed E-state index contributed by atoms with van der Waals surface area (Å²) in [6.45, 7) is 10.3. The third kappa shape index (κ3) is 4.79. The molecule has 2 aliphatic rings. The summed E-state index contributed by atoms with van der Waals surface area (Å²) in [4.78, 5) is 19.4. The van der Waals surface area contributed by atoms with Crippen molar-refractivity contribution in [3.8, 4) is 0 Å². The predicted octanol–water partition coefficient (Wildman–Crippen LogP) is 2.39. The van der Waals surface area contributed by atoms with Gasteiger partial charge in [0.1, 0.15) is 5.82 Å². The zero-order chi connectivity index (χ0) is 17.8. The molecule has 2 aliphatic heterocycles. The van der Waals surface area contributed by atoms with Crippen LogP contribution >= 0.6 is 0 Å². The van der Waals surface area contributed by atoms with Crippen molar-refractivity contribution in [2.75, 3.05) is 39.3 Å². The Morgan fingerprint density at radius 2 is 1.76 bits per heavy atom. The van der Waals surface area contributed by atoms with E-state index in [0.717, 1.165) is 44.8 Å². The number of hydrogen-bond acceptors (Lipinski definition) is 3. The quantitative estimate of drug-likeness (QED) is 0.818. The van der Waals surface area contributed by atoms with Gasteiger partial charge < -0.3 is 4.90 Å². The summed E-state index contributed by atoms with van der Waals surface area (Å²) in [5, 5.41) is 0. The van der Waals surface area contributed by atoms with Crippen molar-refractivity contribution in [1.82, 2.24) is 14.7 Å². The minimum absolute atomic E-state index is 0.104. The number of hydrogen-bond donors (Lipinski definition) is 0. The van der Waals surface area contributed by atoms with Crippen LogP contribution in [0, 0.1) is 5.82 Å². The minimum Gasteiger partial charge on any atom is -0.340 e. The Morgan fingerprint density at radius 3 is 2.40 bits per heavy atom. The van der Waals surface area contributed by atoms with Gasteiger partial charge in [0.2, 0.25) is 5.91 Å². The number of amides is 1. The molecule has 0 saturated carbocycles. The van der Waals surface area contributed by atoms with E-state index in [4.69, 9.17) is 0 Å². The topological polar surface area (TPSA) is 26.8 Å².